The minimum atomic E-state index is -1.29. The lowest BCUT2D eigenvalue weighted by Gasteiger charge is -2.38. The fourth-order valence-electron chi connectivity index (χ4n) is 3.63. The molecule has 0 aliphatic rings. The van der Waals surface area contributed by atoms with E-state index < -0.39 is 11.7 Å². The largest absolute Gasteiger partial charge is 0.453 e. The van der Waals surface area contributed by atoms with Gasteiger partial charge in [0.15, 0.2) is 0 Å². The zero-order chi connectivity index (χ0) is 21.6. The Labute approximate surface area is 180 Å². The first kappa shape index (κ1) is 23.1. The van der Waals surface area contributed by atoms with Crippen LogP contribution in [0.25, 0.3) is 0 Å². The maximum atomic E-state index is 13.4. The van der Waals surface area contributed by atoms with Gasteiger partial charge < -0.3 is 9.84 Å². The summed E-state index contributed by atoms with van der Waals surface area (Å²) in [6, 6.07) is 12.8. The van der Waals surface area contributed by atoms with Gasteiger partial charge in [-0.05, 0) is 55.7 Å². The Morgan fingerprint density at radius 2 is 1.83 bits per heavy atom. The normalized spacial score (nSPS) is 15.1. The number of hydrogen-bond acceptors (Lipinski definition) is 3. The van der Waals surface area contributed by atoms with Gasteiger partial charge in [-0.3, -0.25) is 4.90 Å². The van der Waals surface area contributed by atoms with Crippen molar-refractivity contribution < 1.29 is 19.0 Å². The van der Waals surface area contributed by atoms with Crippen LogP contribution in [0.15, 0.2) is 65.7 Å². The first-order chi connectivity index (χ1) is 13.7. The average Bonchev–Trinajstić information content (AvgIpc) is 2.68. The molecule has 2 rings (SSSR count). The number of carbonyl (C=O) groups excluding carboxylic acids is 1. The van der Waals surface area contributed by atoms with Gasteiger partial charge in [-0.1, -0.05) is 46.3 Å². The van der Waals surface area contributed by atoms with Crippen LogP contribution >= 0.6 is 15.9 Å². The number of hydrogen-bond donors (Lipinski definition) is 1. The van der Waals surface area contributed by atoms with E-state index in [1.54, 1.807) is 23.1 Å². The van der Waals surface area contributed by atoms with Crippen LogP contribution in [0.3, 0.4) is 0 Å². The summed E-state index contributed by atoms with van der Waals surface area (Å²) in [7, 11) is 1.34. The van der Waals surface area contributed by atoms with E-state index in [1.165, 1.54) is 19.2 Å². The number of amides is 1. The number of rotatable bonds is 8. The number of nitrogens with zero attached hydrogens (tertiary/aromatic N) is 1. The predicted octanol–water partition coefficient (Wildman–Crippen LogP) is 5.96. The predicted molar refractivity (Wildman–Crippen MR) is 116 cm³/mol. The second-order valence-corrected chi connectivity index (χ2v) is 8.10. The first-order valence-electron chi connectivity index (χ1n) is 9.43. The summed E-state index contributed by atoms with van der Waals surface area (Å²) in [5, 5.41) is 11.4. The molecule has 0 aliphatic carbocycles. The van der Waals surface area contributed by atoms with Crippen LogP contribution in [0, 0.1) is 5.82 Å². The monoisotopic (exact) mass is 463 g/mol. The molecule has 1 N–H and O–H groups in total. The topological polar surface area (TPSA) is 49.8 Å². The van der Waals surface area contributed by atoms with Crippen LogP contribution in [0.2, 0.25) is 0 Å². The van der Waals surface area contributed by atoms with Gasteiger partial charge in [0.05, 0.1) is 18.8 Å². The van der Waals surface area contributed by atoms with Gasteiger partial charge in [-0.15, -0.1) is 6.58 Å². The van der Waals surface area contributed by atoms with E-state index in [0.29, 0.717) is 5.56 Å². The lowest BCUT2D eigenvalue weighted by atomic mass is 9.84. The van der Waals surface area contributed by atoms with Gasteiger partial charge in [0, 0.05) is 16.9 Å². The third-order valence-electron chi connectivity index (χ3n) is 5.13. The number of halogens is 2. The van der Waals surface area contributed by atoms with E-state index in [4.69, 9.17) is 4.74 Å². The number of aliphatic hydroxyl groups is 1. The molecule has 6 heteroatoms. The van der Waals surface area contributed by atoms with Crippen molar-refractivity contribution in [3.8, 4) is 0 Å². The third kappa shape index (κ3) is 5.67. The highest BCUT2D eigenvalue weighted by Gasteiger charge is 2.36. The van der Waals surface area contributed by atoms with Crippen molar-refractivity contribution in [3.63, 3.8) is 0 Å². The van der Waals surface area contributed by atoms with Crippen LogP contribution in [0.1, 0.15) is 43.9 Å². The van der Waals surface area contributed by atoms with Gasteiger partial charge in [-0.2, -0.15) is 0 Å². The second-order valence-electron chi connectivity index (χ2n) is 7.19. The Morgan fingerprint density at radius 1 is 1.24 bits per heavy atom. The molecular formula is C23H27BrFNO3. The molecule has 0 saturated carbocycles. The fourth-order valence-corrected chi connectivity index (χ4v) is 3.90. The summed E-state index contributed by atoms with van der Waals surface area (Å²) in [6.07, 6.45) is 1.65. The summed E-state index contributed by atoms with van der Waals surface area (Å²) in [5.41, 5.74) is 0.229. The number of ether oxygens (including phenoxy) is 1. The standard InChI is InChI=1S/C23H27BrFNO3/c1-5-14-23(28,19-8-12-21(25)13-9-19)15-16(2)26(22(27)29-4)17(3)18-6-10-20(24)11-7-18/h5-13,16-17,28H,1,14-15H2,2-4H3/t16?,17-,23?/m0/s1. The summed E-state index contributed by atoms with van der Waals surface area (Å²) in [4.78, 5) is 14.2. The van der Waals surface area contributed by atoms with Crippen molar-refractivity contribution in [1.29, 1.82) is 0 Å². The Bertz CT molecular complexity index is 825. The van der Waals surface area contributed by atoms with Crippen LogP contribution < -0.4 is 0 Å². The molecule has 0 heterocycles. The maximum Gasteiger partial charge on any atom is 0.410 e. The Kier molecular flexibility index (Phi) is 7.99. The highest BCUT2D eigenvalue weighted by atomic mass is 79.9. The van der Waals surface area contributed by atoms with Crippen LogP contribution in [0.4, 0.5) is 9.18 Å². The lowest BCUT2D eigenvalue weighted by molar-refractivity contribution is -0.00256. The molecule has 0 saturated heterocycles. The van der Waals surface area contributed by atoms with Gasteiger partial charge >= 0.3 is 6.09 Å². The van der Waals surface area contributed by atoms with Crippen molar-refractivity contribution in [2.75, 3.05) is 7.11 Å². The first-order valence-corrected chi connectivity index (χ1v) is 10.2. The molecule has 2 aromatic rings. The van der Waals surface area contributed by atoms with Gasteiger partial charge in [-0.25, -0.2) is 9.18 Å². The molecule has 4 nitrogen and oxygen atoms in total. The van der Waals surface area contributed by atoms with Gasteiger partial charge in [0.25, 0.3) is 0 Å². The van der Waals surface area contributed by atoms with Crippen LogP contribution in [-0.4, -0.2) is 29.3 Å². The lowest BCUT2D eigenvalue weighted by Crippen LogP contribution is -2.44. The fraction of sp³-hybridized carbons (Fsp3) is 0.348. The number of carbonyl (C=O) groups is 1. The Hall–Kier alpha value is -2.18. The molecule has 0 fully saturated rings. The van der Waals surface area contributed by atoms with Crippen molar-refractivity contribution in [1.82, 2.24) is 4.90 Å². The maximum absolute atomic E-state index is 13.4. The SMILES string of the molecule is C=CCC(O)(CC(C)N(C(=O)OC)[C@@H](C)c1ccc(Br)cc1)c1ccc(F)cc1. The van der Waals surface area contributed by atoms with E-state index >= 15 is 0 Å². The molecule has 0 spiro atoms. The second kappa shape index (κ2) is 10.0. The van der Waals surface area contributed by atoms with Crippen molar-refractivity contribution in [3.05, 3.63) is 82.6 Å². The van der Waals surface area contributed by atoms with Crippen molar-refractivity contribution in [2.24, 2.45) is 0 Å². The zero-order valence-corrected chi connectivity index (χ0v) is 18.5. The van der Waals surface area contributed by atoms with Gasteiger partial charge in [0.2, 0.25) is 0 Å². The molecule has 0 aromatic heterocycles. The number of benzene rings is 2. The third-order valence-corrected chi connectivity index (χ3v) is 5.66. The van der Waals surface area contributed by atoms with Crippen LogP contribution in [0.5, 0.6) is 0 Å². The zero-order valence-electron chi connectivity index (χ0n) is 16.9. The van der Waals surface area contributed by atoms with E-state index in [9.17, 15) is 14.3 Å². The number of methoxy groups -OCH3 is 1. The van der Waals surface area contributed by atoms with Crippen molar-refractivity contribution >= 4 is 22.0 Å². The van der Waals surface area contributed by atoms with Crippen LogP contribution in [-0.2, 0) is 10.3 Å². The Balaban J connectivity index is 2.34. The molecule has 0 aliphatic heterocycles. The molecule has 1 amide bonds. The summed E-state index contributed by atoms with van der Waals surface area (Å²) >= 11 is 3.42. The molecular weight excluding hydrogens is 437 g/mol. The summed E-state index contributed by atoms with van der Waals surface area (Å²) < 4.78 is 19.3. The molecule has 156 valence electrons. The molecule has 2 aromatic carbocycles. The Morgan fingerprint density at radius 3 is 2.34 bits per heavy atom. The van der Waals surface area contributed by atoms with Crippen molar-refractivity contribution in [2.45, 2.75) is 44.4 Å². The van der Waals surface area contributed by atoms with E-state index in [0.717, 1.165) is 10.0 Å². The molecule has 3 atom stereocenters. The van der Waals surface area contributed by atoms with Gasteiger partial charge in [0.1, 0.15) is 5.82 Å². The summed E-state index contributed by atoms with van der Waals surface area (Å²) in [5.74, 6) is -0.372. The van der Waals surface area contributed by atoms with E-state index in [-0.39, 0.29) is 30.7 Å². The summed E-state index contributed by atoms with van der Waals surface area (Å²) in [6.45, 7) is 7.52. The molecule has 0 bridgehead atoms. The minimum absolute atomic E-state index is 0.237. The quantitative estimate of drug-likeness (QED) is 0.491. The highest BCUT2D eigenvalue weighted by Crippen LogP contribution is 2.35. The average molecular weight is 464 g/mol. The van der Waals surface area contributed by atoms with E-state index in [2.05, 4.69) is 22.5 Å². The smallest absolute Gasteiger partial charge is 0.410 e. The minimum Gasteiger partial charge on any atom is -0.453 e. The molecule has 29 heavy (non-hydrogen) atoms. The highest BCUT2D eigenvalue weighted by molar-refractivity contribution is 9.10. The molecule has 2 unspecified atom stereocenters. The van der Waals surface area contributed by atoms with E-state index in [1.807, 2.05) is 38.1 Å². The molecule has 0 radical (unpaired) electrons.